The van der Waals surface area contributed by atoms with Gasteiger partial charge in [-0.1, -0.05) is 23.3 Å². The smallest absolute Gasteiger partial charge is 0.251 e. The van der Waals surface area contributed by atoms with E-state index in [1.807, 2.05) is 50.2 Å². The molecule has 3 rings (SSSR count). The van der Waals surface area contributed by atoms with Crippen LogP contribution in [0.25, 0.3) is 0 Å². The second-order valence-electron chi connectivity index (χ2n) is 7.52. The van der Waals surface area contributed by atoms with Gasteiger partial charge in [-0.25, -0.2) is 8.42 Å². The van der Waals surface area contributed by atoms with Crippen molar-refractivity contribution in [2.24, 2.45) is 0 Å². The number of methoxy groups -OCH3 is 1. The lowest BCUT2D eigenvalue weighted by molar-refractivity contribution is 0.0953. The molecule has 0 fully saturated rings. The van der Waals surface area contributed by atoms with E-state index < -0.39 is 10.0 Å². The molecule has 7 heteroatoms. The fraction of sp³-hybridized carbons (Fsp3) is 0.409. The predicted molar refractivity (Wildman–Crippen MR) is 114 cm³/mol. The molecule has 1 N–H and O–H groups in total. The highest BCUT2D eigenvalue weighted by molar-refractivity contribution is 7.89. The van der Waals surface area contributed by atoms with Gasteiger partial charge in [0.15, 0.2) is 0 Å². The third kappa shape index (κ3) is 5.36. The first-order valence-electron chi connectivity index (χ1n) is 9.78. The standard InChI is InChI=1S/C22H28N2O4S/c1-16-11-17(2)13-20(12-16)22(25)23-8-4-10-29(26,27)24-9-7-18-14-21(28-3)6-5-19(18)15-24/h5-6,11-14H,4,7-10,15H2,1-3H3,(H,23,25). The van der Waals surface area contributed by atoms with Gasteiger partial charge in [0.1, 0.15) is 5.75 Å². The van der Waals surface area contributed by atoms with E-state index in [1.54, 1.807) is 7.11 Å². The molecule has 1 aliphatic rings. The average Bonchev–Trinajstić information content (AvgIpc) is 2.69. The zero-order valence-corrected chi connectivity index (χ0v) is 18.0. The number of fused-ring (bicyclic) bond motifs is 1. The van der Waals surface area contributed by atoms with Gasteiger partial charge in [0.05, 0.1) is 12.9 Å². The van der Waals surface area contributed by atoms with Crippen LogP contribution in [0.5, 0.6) is 5.75 Å². The van der Waals surface area contributed by atoms with Crippen molar-refractivity contribution in [1.82, 2.24) is 9.62 Å². The van der Waals surface area contributed by atoms with Gasteiger partial charge in [-0.3, -0.25) is 4.79 Å². The second-order valence-corrected chi connectivity index (χ2v) is 9.61. The van der Waals surface area contributed by atoms with Crippen LogP contribution in [0.15, 0.2) is 36.4 Å². The summed E-state index contributed by atoms with van der Waals surface area (Å²) in [5, 5.41) is 2.82. The minimum absolute atomic E-state index is 0.0195. The van der Waals surface area contributed by atoms with E-state index in [-0.39, 0.29) is 11.7 Å². The van der Waals surface area contributed by atoms with Crippen LogP contribution in [0, 0.1) is 13.8 Å². The maximum atomic E-state index is 12.7. The van der Waals surface area contributed by atoms with Gasteiger partial charge in [0, 0.05) is 25.2 Å². The molecular weight excluding hydrogens is 388 g/mol. The monoisotopic (exact) mass is 416 g/mol. The summed E-state index contributed by atoms with van der Waals surface area (Å²) in [4.78, 5) is 12.3. The second kappa shape index (κ2) is 8.97. The summed E-state index contributed by atoms with van der Waals surface area (Å²) in [6.07, 6.45) is 1.06. The van der Waals surface area contributed by atoms with Crippen molar-refractivity contribution in [3.05, 3.63) is 64.2 Å². The normalized spacial score (nSPS) is 14.3. The minimum Gasteiger partial charge on any atom is -0.497 e. The topological polar surface area (TPSA) is 75.7 Å². The van der Waals surface area contributed by atoms with Gasteiger partial charge in [-0.2, -0.15) is 4.31 Å². The largest absolute Gasteiger partial charge is 0.497 e. The minimum atomic E-state index is -3.37. The molecule has 0 radical (unpaired) electrons. The summed E-state index contributed by atoms with van der Waals surface area (Å²) in [5.74, 6) is 0.640. The number of sulfonamides is 1. The Morgan fingerprint density at radius 1 is 1.10 bits per heavy atom. The van der Waals surface area contributed by atoms with E-state index in [2.05, 4.69) is 5.32 Å². The summed E-state index contributed by atoms with van der Waals surface area (Å²) in [6, 6.07) is 11.4. The van der Waals surface area contributed by atoms with E-state index in [1.165, 1.54) is 4.31 Å². The van der Waals surface area contributed by atoms with Crippen LogP contribution >= 0.6 is 0 Å². The molecule has 1 heterocycles. The third-order valence-corrected chi connectivity index (χ3v) is 7.04. The van der Waals surface area contributed by atoms with Crippen molar-refractivity contribution in [1.29, 1.82) is 0 Å². The summed E-state index contributed by atoms with van der Waals surface area (Å²) in [6.45, 7) is 5.08. The number of ether oxygens (including phenoxy) is 1. The van der Waals surface area contributed by atoms with Crippen molar-refractivity contribution in [2.45, 2.75) is 33.2 Å². The Morgan fingerprint density at radius 2 is 1.83 bits per heavy atom. The molecule has 2 aromatic carbocycles. The van der Waals surface area contributed by atoms with Gasteiger partial charge in [0.25, 0.3) is 5.91 Å². The SMILES string of the molecule is COc1ccc2c(c1)CCN(S(=O)(=O)CCCNC(=O)c1cc(C)cc(C)c1)C2. The Hall–Kier alpha value is -2.38. The Balaban J connectivity index is 1.51. The zero-order valence-electron chi connectivity index (χ0n) is 17.2. The molecule has 0 spiro atoms. The number of rotatable bonds is 7. The van der Waals surface area contributed by atoms with Crippen LogP contribution in [0.4, 0.5) is 0 Å². The fourth-order valence-corrected chi connectivity index (χ4v) is 5.13. The van der Waals surface area contributed by atoms with E-state index >= 15 is 0 Å². The number of nitrogens with one attached hydrogen (secondary N) is 1. The molecule has 0 saturated heterocycles. The molecule has 29 heavy (non-hydrogen) atoms. The van der Waals surface area contributed by atoms with E-state index in [9.17, 15) is 13.2 Å². The summed E-state index contributed by atoms with van der Waals surface area (Å²) < 4.78 is 32.2. The van der Waals surface area contributed by atoms with Gasteiger partial charge in [0.2, 0.25) is 10.0 Å². The van der Waals surface area contributed by atoms with E-state index in [0.29, 0.717) is 38.0 Å². The molecule has 1 aliphatic heterocycles. The van der Waals surface area contributed by atoms with Crippen molar-refractivity contribution < 1.29 is 17.9 Å². The van der Waals surface area contributed by atoms with Gasteiger partial charge in [-0.15, -0.1) is 0 Å². The van der Waals surface area contributed by atoms with Crippen molar-refractivity contribution in [3.8, 4) is 5.75 Å². The van der Waals surface area contributed by atoms with Crippen LogP contribution in [-0.2, 0) is 23.0 Å². The number of carbonyl (C=O) groups is 1. The highest BCUT2D eigenvalue weighted by Gasteiger charge is 2.26. The molecule has 0 aliphatic carbocycles. The molecule has 2 aromatic rings. The van der Waals surface area contributed by atoms with Gasteiger partial charge < -0.3 is 10.1 Å². The Morgan fingerprint density at radius 3 is 2.52 bits per heavy atom. The molecule has 0 bridgehead atoms. The van der Waals surface area contributed by atoms with Crippen LogP contribution < -0.4 is 10.1 Å². The lowest BCUT2D eigenvalue weighted by atomic mass is 10.0. The predicted octanol–water partition coefficient (Wildman–Crippen LogP) is 2.82. The summed E-state index contributed by atoms with van der Waals surface area (Å²) in [7, 11) is -1.74. The van der Waals surface area contributed by atoms with Crippen molar-refractivity contribution in [2.75, 3.05) is 26.0 Å². The first-order chi connectivity index (χ1) is 13.8. The molecule has 6 nitrogen and oxygen atoms in total. The summed E-state index contributed by atoms with van der Waals surface area (Å²) in [5.41, 5.74) is 4.81. The van der Waals surface area contributed by atoms with E-state index in [4.69, 9.17) is 4.74 Å². The number of hydrogen-bond donors (Lipinski definition) is 1. The fourth-order valence-electron chi connectivity index (χ4n) is 3.66. The number of carbonyl (C=O) groups excluding carboxylic acids is 1. The molecule has 156 valence electrons. The molecule has 1 amide bonds. The molecule has 0 saturated carbocycles. The number of hydrogen-bond acceptors (Lipinski definition) is 4. The maximum absolute atomic E-state index is 12.7. The zero-order chi connectivity index (χ0) is 21.0. The third-order valence-electron chi connectivity index (χ3n) is 5.13. The van der Waals surface area contributed by atoms with E-state index in [0.717, 1.165) is 28.0 Å². The Bertz CT molecular complexity index is 982. The van der Waals surface area contributed by atoms with Crippen LogP contribution in [0.2, 0.25) is 0 Å². The highest BCUT2D eigenvalue weighted by atomic mass is 32.2. The lowest BCUT2D eigenvalue weighted by Crippen LogP contribution is -2.38. The van der Waals surface area contributed by atoms with Gasteiger partial charge in [-0.05, 0) is 62.1 Å². The van der Waals surface area contributed by atoms with Crippen LogP contribution in [0.1, 0.15) is 39.0 Å². The number of benzene rings is 2. The average molecular weight is 417 g/mol. The maximum Gasteiger partial charge on any atom is 0.251 e. The summed E-state index contributed by atoms with van der Waals surface area (Å²) >= 11 is 0. The number of aryl methyl sites for hydroxylation is 2. The molecular formula is C22H28N2O4S. The molecule has 0 aromatic heterocycles. The lowest BCUT2D eigenvalue weighted by Gasteiger charge is -2.28. The molecule has 0 unspecified atom stereocenters. The quantitative estimate of drug-likeness (QED) is 0.705. The van der Waals surface area contributed by atoms with Gasteiger partial charge >= 0.3 is 0 Å². The van der Waals surface area contributed by atoms with Crippen LogP contribution in [0.3, 0.4) is 0 Å². The number of amides is 1. The first-order valence-corrected chi connectivity index (χ1v) is 11.4. The van der Waals surface area contributed by atoms with Crippen molar-refractivity contribution in [3.63, 3.8) is 0 Å². The number of nitrogens with zero attached hydrogens (tertiary/aromatic N) is 1. The van der Waals surface area contributed by atoms with Crippen molar-refractivity contribution >= 4 is 15.9 Å². The Kier molecular flexibility index (Phi) is 6.59. The van der Waals surface area contributed by atoms with Crippen LogP contribution in [-0.4, -0.2) is 44.6 Å². The first kappa shape index (κ1) is 21.3. The highest BCUT2D eigenvalue weighted by Crippen LogP contribution is 2.25. The Labute approximate surface area is 172 Å². The molecule has 0 atom stereocenters.